The van der Waals surface area contributed by atoms with Crippen LogP contribution >= 0.6 is 0 Å². The molecule has 0 aliphatic rings. The second-order valence-corrected chi connectivity index (χ2v) is 3.60. The van der Waals surface area contributed by atoms with Crippen molar-refractivity contribution in [1.82, 2.24) is 10.2 Å². The SMILES string of the molecule is Fc1cccc(F)c1-c1n[nH]c(C(F)F)c1C(F)F. The van der Waals surface area contributed by atoms with Crippen molar-refractivity contribution < 1.29 is 26.3 Å². The van der Waals surface area contributed by atoms with Crippen molar-refractivity contribution in [2.75, 3.05) is 0 Å². The summed E-state index contributed by atoms with van der Waals surface area (Å²) in [6, 6.07) is 2.67. The Morgan fingerprint density at radius 2 is 1.53 bits per heavy atom. The van der Waals surface area contributed by atoms with Gasteiger partial charge in [0.25, 0.3) is 12.9 Å². The third kappa shape index (κ3) is 2.29. The van der Waals surface area contributed by atoms with Crippen molar-refractivity contribution in [1.29, 1.82) is 0 Å². The Bertz CT molecular complexity index is 573. The Labute approximate surface area is 103 Å². The van der Waals surface area contributed by atoms with Crippen molar-refractivity contribution in [3.05, 3.63) is 41.1 Å². The van der Waals surface area contributed by atoms with Crippen LogP contribution in [0.25, 0.3) is 11.3 Å². The number of hydrogen-bond donors (Lipinski definition) is 1. The van der Waals surface area contributed by atoms with Crippen LogP contribution < -0.4 is 0 Å². The molecule has 0 saturated carbocycles. The van der Waals surface area contributed by atoms with Crippen LogP contribution in [0.2, 0.25) is 0 Å². The van der Waals surface area contributed by atoms with E-state index in [1.807, 2.05) is 0 Å². The monoisotopic (exact) mass is 280 g/mol. The number of rotatable bonds is 3. The van der Waals surface area contributed by atoms with Gasteiger partial charge in [0.05, 0.1) is 11.1 Å². The molecule has 102 valence electrons. The average Bonchev–Trinajstić information content (AvgIpc) is 2.73. The Morgan fingerprint density at radius 1 is 0.947 bits per heavy atom. The predicted octanol–water partition coefficient (Wildman–Crippen LogP) is 4.23. The van der Waals surface area contributed by atoms with E-state index in [9.17, 15) is 26.3 Å². The number of aromatic amines is 1. The number of alkyl halides is 4. The number of benzene rings is 1. The topological polar surface area (TPSA) is 28.7 Å². The zero-order valence-electron chi connectivity index (χ0n) is 9.10. The quantitative estimate of drug-likeness (QED) is 0.837. The smallest absolute Gasteiger partial charge is 0.276 e. The van der Waals surface area contributed by atoms with E-state index in [2.05, 4.69) is 5.10 Å². The molecule has 0 radical (unpaired) electrons. The lowest BCUT2D eigenvalue weighted by Crippen LogP contribution is -1.97. The number of nitrogens with one attached hydrogen (secondary N) is 1. The molecule has 0 amide bonds. The molecule has 1 heterocycles. The highest BCUT2D eigenvalue weighted by molar-refractivity contribution is 5.65. The highest BCUT2D eigenvalue weighted by Gasteiger charge is 2.30. The largest absolute Gasteiger partial charge is 0.280 e. The van der Waals surface area contributed by atoms with Crippen molar-refractivity contribution in [3.8, 4) is 11.3 Å². The molecule has 2 rings (SSSR count). The molecule has 2 nitrogen and oxygen atoms in total. The van der Waals surface area contributed by atoms with Gasteiger partial charge in [0.2, 0.25) is 0 Å². The first-order chi connectivity index (χ1) is 8.93. The minimum absolute atomic E-state index is 0.824. The summed E-state index contributed by atoms with van der Waals surface area (Å²) < 4.78 is 77.6. The van der Waals surface area contributed by atoms with Crippen LogP contribution in [0.3, 0.4) is 0 Å². The van der Waals surface area contributed by atoms with Gasteiger partial charge in [0.1, 0.15) is 23.0 Å². The molecule has 8 heteroatoms. The first-order valence-corrected chi connectivity index (χ1v) is 5.02. The van der Waals surface area contributed by atoms with Crippen LogP contribution in [0.1, 0.15) is 24.1 Å². The summed E-state index contributed by atoms with van der Waals surface area (Å²) in [4.78, 5) is 0. The Balaban J connectivity index is 2.70. The molecule has 1 aromatic heterocycles. The minimum atomic E-state index is -3.34. The number of halogens is 6. The maximum Gasteiger partial charge on any atom is 0.280 e. The van der Waals surface area contributed by atoms with Gasteiger partial charge in [0, 0.05) is 0 Å². The Kier molecular flexibility index (Phi) is 3.50. The standard InChI is InChI=1S/C11H6F6N2/c12-4-2-1-3-5(13)6(4)8-7(10(14)15)9(11(16)17)19-18-8/h1-3,10-11H,(H,18,19). The van der Waals surface area contributed by atoms with Crippen molar-refractivity contribution >= 4 is 0 Å². The molecule has 1 N–H and O–H groups in total. The maximum atomic E-state index is 13.5. The number of H-pyrrole nitrogens is 1. The van der Waals surface area contributed by atoms with Gasteiger partial charge in [-0.15, -0.1) is 0 Å². The molecule has 0 aliphatic heterocycles. The number of hydrogen-bond acceptors (Lipinski definition) is 1. The van der Waals surface area contributed by atoms with Gasteiger partial charge in [0.15, 0.2) is 0 Å². The van der Waals surface area contributed by atoms with Crippen LogP contribution in [0.4, 0.5) is 26.3 Å². The van der Waals surface area contributed by atoms with E-state index in [0.717, 1.165) is 18.2 Å². The van der Waals surface area contributed by atoms with Gasteiger partial charge in [-0.3, -0.25) is 5.10 Å². The second kappa shape index (κ2) is 4.94. The fourth-order valence-electron chi connectivity index (χ4n) is 1.67. The number of nitrogens with zero attached hydrogens (tertiary/aromatic N) is 1. The lowest BCUT2D eigenvalue weighted by atomic mass is 10.0. The third-order valence-electron chi connectivity index (χ3n) is 2.47. The van der Waals surface area contributed by atoms with E-state index in [1.165, 1.54) is 0 Å². The van der Waals surface area contributed by atoms with Gasteiger partial charge in [-0.25, -0.2) is 26.3 Å². The Morgan fingerprint density at radius 3 is 2.00 bits per heavy atom. The lowest BCUT2D eigenvalue weighted by molar-refractivity contribution is 0.122. The maximum absolute atomic E-state index is 13.5. The highest BCUT2D eigenvalue weighted by Crippen LogP contribution is 2.37. The molecular formula is C11H6F6N2. The van der Waals surface area contributed by atoms with Gasteiger partial charge in [-0.05, 0) is 12.1 Å². The van der Waals surface area contributed by atoms with Gasteiger partial charge < -0.3 is 0 Å². The molecule has 0 unspecified atom stereocenters. The van der Waals surface area contributed by atoms with Gasteiger partial charge in [-0.2, -0.15) is 5.10 Å². The zero-order chi connectivity index (χ0) is 14.2. The fraction of sp³-hybridized carbons (Fsp3) is 0.182. The fourth-order valence-corrected chi connectivity index (χ4v) is 1.67. The first-order valence-electron chi connectivity index (χ1n) is 5.02. The number of aromatic nitrogens is 2. The molecule has 1 aromatic carbocycles. The summed E-state index contributed by atoms with van der Waals surface area (Å²) in [7, 11) is 0. The van der Waals surface area contributed by atoms with E-state index >= 15 is 0 Å². The van der Waals surface area contributed by atoms with Crippen molar-refractivity contribution in [2.45, 2.75) is 12.9 Å². The Hall–Kier alpha value is -1.99. The first kappa shape index (κ1) is 13.4. The normalized spacial score (nSPS) is 11.6. The van der Waals surface area contributed by atoms with Crippen LogP contribution in [-0.2, 0) is 0 Å². The highest BCUT2D eigenvalue weighted by atomic mass is 19.3. The zero-order valence-corrected chi connectivity index (χ0v) is 9.10. The van der Waals surface area contributed by atoms with Gasteiger partial charge >= 0.3 is 0 Å². The van der Waals surface area contributed by atoms with Crippen molar-refractivity contribution in [3.63, 3.8) is 0 Å². The molecule has 0 atom stereocenters. The molecule has 0 spiro atoms. The van der Waals surface area contributed by atoms with E-state index in [4.69, 9.17) is 0 Å². The van der Waals surface area contributed by atoms with Gasteiger partial charge in [-0.1, -0.05) is 6.07 Å². The molecule has 0 fully saturated rings. The summed E-state index contributed by atoms with van der Waals surface area (Å²) in [5, 5.41) is 4.88. The predicted molar refractivity (Wildman–Crippen MR) is 53.9 cm³/mol. The van der Waals surface area contributed by atoms with Crippen LogP contribution in [0, 0.1) is 11.6 Å². The van der Waals surface area contributed by atoms with E-state index in [1.54, 1.807) is 5.10 Å². The summed E-state index contributed by atoms with van der Waals surface area (Å²) in [5.74, 6) is -2.32. The molecule has 0 bridgehead atoms. The van der Waals surface area contributed by atoms with E-state index < -0.39 is 47.0 Å². The van der Waals surface area contributed by atoms with Crippen LogP contribution in [0.5, 0.6) is 0 Å². The summed E-state index contributed by atoms with van der Waals surface area (Å²) in [6.45, 7) is 0. The summed E-state index contributed by atoms with van der Waals surface area (Å²) in [5.41, 5.74) is -4.05. The molecule has 19 heavy (non-hydrogen) atoms. The molecular weight excluding hydrogens is 274 g/mol. The average molecular weight is 280 g/mol. The van der Waals surface area contributed by atoms with E-state index in [-0.39, 0.29) is 0 Å². The summed E-state index contributed by atoms with van der Waals surface area (Å²) in [6.07, 6.45) is -6.59. The molecule has 2 aromatic rings. The van der Waals surface area contributed by atoms with Crippen molar-refractivity contribution in [2.24, 2.45) is 0 Å². The van der Waals surface area contributed by atoms with Crippen LogP contribution in [-0.4, -0.2) is 10.2 Å². The minimum Gasteiger partial charge on any atom is -0.276 e. The summed E-state index contributed by atoms with van der Waals surface area (Å²) >= 11 is 0. The van der Waals surface area contributed by atoms with Crippen LogP contribution in [0.15, 0.2) is 18.2 Å². The molecule has 0 saturated heterocycles. The third-order valence-corrected chi connectivity index (χ3v) is 2.47. The molecule has 0 aliphatic carbocycles. The lowest BCUT2D eigenvalue weighted by Gasteiger charge is -2.06. The van der Waals surface area contributed by atoms with E-state index in [0.29, 0.717) is 0 Å². The second-order valence-electron chi connectivity index (χ2n) is 3.60.